The van der Waals surface area contributed by atoms with Gasteiger partial charge in [0.1, 0.15) is 17.3 Å². The highest BCUT2D eigenvalue weighted by molar-refractivity contribution is 5.98. The summed E-state index contributed by atoms with van der Waals surface area (Å²) in [6, 6.07) is 7.58. The Morgan fingerprint density at radius 2 is 2.21 bits per heavy atom. The van der Waals surface area contributed by atoms with Crippen molar-refractivity contribution in [2.45, 2.75) is 26.4 Å². The monoisotopic (exact) mass is 322 g/mol. The van der Waals surface area contributed by atoms with Crippen molar-refractivity contribution < 1.29 is 9.53 Å². The maximum Gasteiger partial charge on any atom is 0.270 e. The Balaban J connectivity index is 1.60. The summed E-state index contributed by atoms with van der Waals surface area (Å²) in [5, 5.41) is 0.961. The molecule has 0 saturated carbocycles. The Morgan fingerprint density at radius 3 is 3.00 bits per heavy atom. The van der Waals surface area contributed by atoms with E-state index in [-0.39, 0.29) is 5.91 Å². The summed E-state index contributed by atoms with van der Waals surface area (Å²) < 4.78 is 5.23. The molecule has 0 unspecified atom stereocenters. The molecule has 6 heteroatoms. The molecule has 0 bridgehead atoms. The van der Waals surface area contributed by atoms with Crippen LogP contribution in [0.3, 0.4) is 0 Å². The predicted molar refractivity (Wildman–Crippen MR) is 89.8 cm³/mol. The number of carbonyl (C=O) groups excluding carboxylic acids is 1. The fourth-order valence-electron chi connectivity index (χ4n) is 3.03. The lowest BCUT2D eigenvalue weighted by atomic mass is 10.2. The molecular formula is C18H18N4O2. The first-order valence-corrected chi connectivity index (χ1v) is 7.97. The first-order valence-electron chi connectivity index (χ1n) is 7.97. The van der Waals surface area contributed by atoms with Crippen LogP contribution in [0.5, 0.6) is 5.75 Å². The van der Waals surface area contributed by atoms with Crippen LogP contribution in [0.15, 0.2) is 30.5 Å². The van der Waals surface area contributed by atoms with Crippen LogP contribution >= 0.6 is 0 Å². The van der Waals surface area contributed by atoms with Crippen molar-refractivity contribution in [1.29, 1.82) is 0 Å². The van der Waals surface area contributed by atoms with E-state index in [4.69, 9.17) is 4.74 Å². The molecule has 1 aliphatic rings. The van der Waals surface area contributed by atoms with Crippen LogP contribution in [0.1, 0.15) is 34.5 Å². The van der Waals surface area contributed by atoms with E-state index >= 15 is 0 Å². The molecule has 3 aromatic rings. The number of amides is 1. The summed E-state index contributed by atoms with van der Waals surface area (Å²) >= 11 is 0. The first kappa shape index (κ1) is 14.7. The van der Waals surface area contributed by atoms with E-state index in [1.165, 1.54) is 0 Å². The van der Waals surface area contributed by atoms with Crippen molar-refractivity contribution in [3.05, 3.63) is 53.2 Å². The van der Waals surface area contributed by atoms with E-state index in [1.54, 1.807) is 12.0 Å². The highest BCUT2D eigenvalue weighted by atomic mass is 16.5. The minimum Gasteiger partial charge on any atom is -0.497 e. The van der Waals surface area contributed by atoms with Gasteiger partial charge in [0.05, 0.1) is 19.3 Å². The molecular weight excluding hydrogens is 304 g/mol. The highest BCUT2D eigenvalue weighted by Crippen LogP contribution is 2.25. The number of aromatic amines is 1. The number of carbonyl (C=O) groups is 1. The third-order valence-corrected chi connectivity index (χ3v) is 4.37. The van der Waals surface area contributed by atoms with Crippen LogP contribution in [0.2, 0.25) is 0 Å². The molecule has 24 heavy (non-hydrogen) atoms. The van der Waals surface area contributed by atoms with Crippen LogP contribution in [0, 0.1) is 0 Å². The van der Waals surface area contributed by atoms with E-state index in [9.17, 15) is 4.79 Å². The van der Waals surface area contributed by atoms with Crippen molar-refractivity contribution in [2.75, 3.05) is 7.11 Å². The number of nitrogens with zero attached hydrogens (tertiary/aromatic N) is 3. The van der Waals surface area contributed by atoms with E-state index in [1.807, 2.05) is 37.4 Å². The van der Waals surface area contributed by atoms with Gasteiger partial charge < -0.3 is 14.6 Å². The number of nitrogens with one attached hydrogen (secondary N) is 1. The Kier molecular flexibility index (Phi) is 3.45. The fourth-order valence-corrected chi connectivity index (χ4v) is 3.03. The lowest BCUT2D eigenvalue weighted by molar-refractivity contribution is 0.0745. The number of H-pyrrole nitrogens is 1. The number of benzene rings is 1. The van der Waals surface area contributed by atoms with Crippen molar-refractivity contribution >= 4 is 16.8 Å². The van der Waals surface area contributed by atoms with E-state index in [0.717, 1.165) is 40.2 Å². The Bertz CT molecular complexity index is 932. The van der Waals surface area contributed by atoms with Crippen molar-refractivity contribution in [1.82, 2.24) is 19.9 Å². The minimum atomic E-state index is -0.0267. The van der Waals surface area contributed by atoms with E-state index in [0.29, 0.717) is 18.8 Å². The molecule has 1 aromatic carbocycles. The Hall–Kier alpha value is -2.89. The van der Waals surface area contributed by atoms with Gasteiger partial charge in [-0.2, -0.15) is 0 Å². The van der Waals surface area contributed by atoms with Crippen LogP contribution in [0.25, 0.3) is 10.9 Å². The number of fused-ring (bicyclic) bond motifs is 2. The summed E-state index contributed by atoms with van der Waals surface area (Å²) in [5.74, 6) is 1.57. The summed E-state index contributed by atoms with van der Waals surface area (Å²) in [7, 11) is 1.63. The zero-order valence-corrected chi connectivity index (χ0v) is 13.7. The molecule has 1 N–H and O–H groups in total. The lowest BCUT2D eigenvalue weighted by Gasteiger charge is -2.13. The molecule has 0 saturated heterocycles. The average molecular weight is 322 g/mol. The second kappa shape index (κ2) is 5.63. The van der Waals surface area contributed by atoms with Gasteiger partial charge in [-0.3, -0.25) is 4.79 Å². The first-order chi connectivity index (χ1) is 11.7. The molecule has 0 atom stereocenters. The van der Waals surface area contributed by atoms with Crippen molar-refractivity contribution in [3.8, 4) is 5.75 Å². The molecule has 122 valence electrons. The third kappa shape index (κ3) is 2.40. The quantitative estimate of drug-likeness (QED) is 0.805. The molecule has 1 aliphatic heterocycles. The van der Waals surface area contributed by atoms with Crippen LogP contribution in [0.4, 0.5) is 0 Å². The zero-order chi connectivity index (χ0) is 16.7. The van der Waals surface area contributed by atoms with E-state index in [2.05, 4.69) is 15.0 Å². The Morgan fingerprint density at radius 1 is 1.33 bits per heavy atom. The number of rotatable bonds is 3. The molecule has 1 amide bonds. The average Bonchev–Trinajstić information content (AvgIpc) is 3.23. The van der Waals surface area contributed by atoms with Crippen molar-refractivity contribution in [3.63, 3.8) is 0 Å². The molecule has 4 rings (SSSR count). The van der Waals surface area contributed by atoms with Gasteiger partial charge in [0.25, 0.3) is 5.91 Å². The smallest absolute Gasteiger partial charge is 0.270 e. The van der Waals surface area contributed by atoms with E-state index < -0.39 is 0 Å². The van der Waals surface area contributed by atoms with Gasteiger partial charge in [-0.1, -0.05) is 6.92 Å². The fraction of sp³-hybridized carbons (Fsp3) is 0.278. The van der Waals surface area contributed by atoms with Crippen LogP contribution in [-0.4, -0.2) is 32.9 Å². The normalized spacial score (nSPS) is 13.3. The Labute approximate surface area is 139 Å². The van der Waals surface area contributed by atoms with Gasteiger partial charge >= 0.3 is 0 Å². The SMILES string of the molecule is CCc1ncc2c(n1)CN(C(=O)c1cc3cc(OC)ccc3[nH]1)C2. The standard InChI is InChI=1S/C18H18N4O2/c1-3-17-19-8-12-9-22(10-16(12)21-17)18(23)15-7-11-6-13(24-2)4-5-14(11)20-15/h4-8,20H,3,9-10H2,1-2H3. The molecule has 0 spiro atoms. The predicted octanol–water partition coefficient (Wildman–Crippen LogP) is 2.68. The van der Waals surface area contributed by atoms with Crippen LogP contribution < -0.4 is 4.74 Å². The summed E-state index contributed by atoms with van der Waals surface area (Å²) in [5.41, 5.74) is 3.48. The van der Waals surface area contributed by atoms with Gasteiger partial charge in [0, 0.05) is 35.6 Å². The number of aromatic nitrogens is 3. The van der Waals surface area contributed by atoms with Gasteiger partial charge in [0.2, 0.25) is 0 Å². The highest BCUT2D eigenvalue weighted by Gasteiger charge is 2.27. The van der Waals surface area contributed by atoms with Gasteiger partial charge in [0.15, 0.2) is 0 Å². The molecule has 0 radical (unpaired) electrons. The topological polar surface area (TPSA) is 71.1 Å². The van der Waals surface area contributed by atoms with Gasteiger partial charge in [-0.05, 0) is 24.3 Å². The van der Waals surface area contributed by atoms with Gasteiger partial charge in [-0.25, -0.2) is 9.97 Å². The summed E-state index contributed by atoms with van der Waals surface area (Å²) in [6.07, 6.45) is 2.63. The molecule has 6 nitrogen and oxygen atoms in total. The molecule has 3 heterocycles. The number of ether oxygens (including phenoxy) is 1. The summed E-state index contributed by atoms with van der Waals surface area (Å²) in [4.78, 5) is 26.6. The van der Waals surface area contributed by atoms with Crippen LogP contribution in [-0.2, 0) is 19.5 Å². The maximum atomic E-state index is 12.8. The largest absolute Gasteiger partial charge is 0.497 e. The van der Waals surface area contributed by atoms with Crippen molar-refractivity contribution in [2.24, 2.45) is 0 Å². The number of hydrogen-bond acceptors (Lipinski definition) is 4. The third-order valence-electron chi connectivity index (χ3n) is 4.37. The second-order valence-electron chi connectivity index (χ2n) is 5.91. The minimum absolute atomic E-state index is 0.0267. The zero-order valence-electron chi connectivity index (χ0n) is 13.7. The lowest BCUT2D eigenvalue weighted by Crippen LogP contribution is -2.25. The molecule has 2 aromatic heterocycles. The number of hydrogen-bond donors (Lipinski definition) is 1. The van der Waals surface area contributed by atoms with Gasteiger partial charge in [-0.15, -0.1) is 0 Å². The molecule has 0 fully saturated rings. The maximum absolute atomic E-state index is 12.8. The number of aryl methyl sites for hydroxylation is 1. The number of methoxy groups -OCH3 is 1. The summed E-state index contributed by atoms with van der Waals surface area (Å²) in [6.45, 7) is 3.11. The second-order valence-corrected chi connectivity index (χ2v) is 5.91. The molecule has 0 aliphatic carbocycles.